The molecule has 1 atom stereocenters. The van der Waals surface area contributed by atoms with Crippen LogP contribution in [-0.2, 0) is 0 Å². The molecular weight excluding hydrogens is 385 g/mol. The van der Waals surface area contributed by atoms with E-state index in [0.29, 0.717) is 16.3 Å². The standard InChI is InChI=1S/C12H15Br2NO2.ClH/c1-17-9-6-7(8-4-2-3-5-15-8)10(13)11(14)12(9)16;/h6,8,15-16H,2-5H2,1H3;1H/t8-;/m0./s1. The van der Waals surface area contributed by atoms with Crippen molar-refractivity contribution in [3.05, 3.63) is 20.6 Å². The Morgan fingerprint density at radius 2 is 2.06 bits per heavy atom. The third-order valence-corrected chi connectivity index (χ3v) is 5.24. The van der Waals surface area contributed by atoms with Crippen LogP contribution in [-0.4, -0.2) is 18.8 Å². The molecule has 0 aliphatic carbocycles. The lowest BCUT2D eigenvalue weighted by Crippen LogP contribution is -2.27. The van der Waals surface area contributed by atoms with Crippen molar-refractivity contribution in [2.24, 2.45) is 0 Å². The zero-order valence-corrected chi connectivity index (χ0v) is 14.0. The number of aromatic hydroxyl groups is 1. The molecule has 1 aromatic rings. The van der Waals surface area contributed by atoms with E-state index in [2.05, 4.69) is 37.2 Å². The van der Waals surface area contributed by atoms with Crippen molar-refractivity contribution in [2.75, 3.05) is 13.7 Å². The van der Waals surface area contributed by atoms with Crippen molar-refractivity contribution in [1.82, 2.24) is 5.32 Å². The zero-order chi connectivity index (χ0) is 12.4. The Labute approximate surface area is 130 Å². The van der Waals surface area contributed by atoms with Crippen molar-refractivity contribution < 1.29 is 9.84 Å². The second-order valence-electron chi connectivity index (χ2n) is 4.15. The van der Waals surface area contributed by atoms with Gasteiger partial charge in [-0.25, -0.2) is 0 Å². The number of piperidine rings is 1. The maximum Gasteiger partial charge on any atom is 0.173 e. The summed E-state index contributed by atoms with van der Waals surface area (Å²) in [5.74, 6) is 0.640. The number of benzene rings is 1. The summed E-state index contributed by atoms with van der Waals surface area (Å²) in [4.78, 5) is 0. The molecule has 1 fully saturated rings. The van der Waals surface area contributed by atoms with Gasteiger partial charge in [0.25, 0.3) is 0 Å². The zero-order valence-electron chi connectivity index (χ0n) is 10.0. The van der Waals surface area contributed by atoms with Crippen molar-refractivity contribution >= 4 is 44.3 Å². The summed E-state index contributed by atoms with van der Waals surface area (Å²) in [6.45, 7) is 1.04. The van der Waals surface area contributed by atoms with Gasteiger partial charge in [-0.3, -0.25) is 0 Å². The van der Waals surface area contributed by atoms with Crippen molar-refractivity contribution in [3.8, 4) is 11.5 Å². The molecule has 0 spiro atoms. The third-order valence-electron chi connectivity index (χ3n) is 3.08. The number of hydrogen-bond donors (Lipinski definition) is 2. The minimum atomic E-state index is 0. The fourth-order valence-electron chi connectivity index (χ4n) is 2.14. The minimum Gasteiger partial charge on any atom is -0.503 e. The van der Waals surface area contributed by atoms with Gasteiger partial charge >= 0.3 is 0 Å². The van der Waals surface area contributed by atoms with Crippen LogP contribution in [0.15, 0.2) is 15.0 Å². The first kappa shape index (κ1) is 16.1. The fraction of sp³-hybridized carbons (Fsp3) is 0.500. The highest BCUT2D eigenvalue weighted by Crippen LogP contribution is 2.44. The largest absolute Gasteiger partial charge is 0.503 e. The number of phenolic OH excluding ortho intramolecular Hbond substituents is 1. The summed E-state index contributed by atoms with van der Waals surface area (Å²) in [6, 6.07) is 2.22. The lowest BCUT2D eigenvalue weighted by Gasteiger charge is -2.26. The molecule has 0 radical (unpaired) electrons. The number of phenols is 1. The van der Waals surface area contributed by atoms with Gasteiger partial charge in [-0.1, -0.05) is 6.42 Å². The molecule has 1 aliphatic rings. The van der Waals surface area contributed by atoms with Gasteiger partial charge in [-0.2, -0.15) is 0 Å². The molecule has 1 aromatic carbocycles. The number of hydrogen-bond acceptors (Lipinski definition) is 3. The maximum absolute atomic E-state index is 9.88. The molecule has 0 aromatic heterocycles. The average molecular weight is 402 g/mol. The highest BCUT2D eigenvalue weighted by molar-refractivity contribution is 9.13. The second kappa shape index (κ2) is 6.98. The van der Waals surface area contributed by atoms with Crippen molar-refractivity contribution in [1.29, 1.82) is 0 Å². The molecule has 1 saturated heterocycles. The van der Waals surface area contributed by atoms with E-state index < -0.39 is 0 Å². The minimum absolute atomic E-state index is 0. The van der Waals surface area contributed by atoms with E-state index in [4.69, 9.17) is 4.74 Å². The van der Waals surface area contributed by atoms with E-state index in [1.165, 1.54) is 12.8 Å². The SMILES string of the molecule is COc1cc([C@@H]2CCCCN2)c(Br)c(Br)c1O.Cl. The van der Waals surface area contributed by atoms with Crippen LogP contribution >= 0.6 is 44.3 Å². The Kier molecular flexibility index (Phi) is 6.24. The molecule has 0 bridgehead atoms. The van der Waals surface area contributed by atoms with E-state index in [9.17, 15) is 5.11 Å². The number of methoxy groups -OCH3 is 1. The molecule has 3 nitrogen and oxygen atoms in total. The van der Waals surface area contributed by atoms with Crippen LogP contribution in [0.1, 0.15) is 30.9 Å². The molecule has 18 heavy (non-hydrogen) atoms. The van der Waals surface area contributed by atoms with Crippen LogP contribution in [0.4, 0.5) is 0 Å². The molecule has 0 saturated carbocycles. The fourth-order valence-corrected chi connectivity index (χ4v) is 3.14. The molecule has 1 heterocycles. The summed E-state index contributed by atoms with van der Waals surface area (Å²) in [5.41, 5.74) is 1.13. The smallest absolute Gasteiger partial charge is 0.173 e. The molecule has 6 heteroatoms. The van der Waals surface area contributed by atoms with E-state index >= 15 is 0 Å². The normalized spacial score (nSPS) is 19.2. The van der Waals surface area contributed by atoms with Gasteiger partial charge in [0.2, 0.25) is 0 Å². The molecule has 2 N–H and O–H groups in total. The first-order chi connectivity index (χ1) is 8.15. The van der Waals surface area contributed by atoms with Crippen LogP contribution < -0.4 is 10.1 Å². The summed E-state index contributed by atoms with van der Waals surface area (Å²) < 4.78 is 6.73. The number of halogens is 3. The van der Waals surface area contributed by atoms with E-state index in [1.54, 1.807) is 7.11 Å². The van der Waals surface area contributed by atoms with Gasteiger partial charge in [0.15, 0.2) is 11.5 Å². The summed E-state index contributed by atoms with van der Waals surface area (Å²) in [5, 5.41) is 13.4. The Balaban J connectivity index is 0.00000162. The maximum atomic E-state index is 9.88. The monoisotopic (exact) mass is 399 g/mol. The molecule has 2 rings (SSSR count). The van der Waals surface area contributed by atoms with Gasteiger partial charge in [0, 0.05) is 10.5 Å². The molecule has 1 aliphatic heterocycles. The molecule has 102 valence electrons. The lowest BCUT2D eigenvalue weighted by molar-refractivity contribution is 0.366. The predicted molar refractivity (Wildman–Crippen MR) is 81.9 cm³/mol. The van der Waals surface area contributed by atoms with E-state index in [1.807, 2.05) is 6.07 Å². The summed E-state index contributed by atoms with van der Waals surface area (Å²) in [6.07, 6.45) is 3.56. The summed E-state index contributed by atoms with van der Waals surface area (Å²) >= 11 is 6.91. The molecule has 0 amide bonds. The first-order valence-electron chi connectivity index (χ1n) is 5.63. The van der Waals surface area contributed by atoms with Gasteiger partial charge in [0.1, 0.15) is 0 Å². The van der Waals surface area contributed by atoms with Crippen LogP contribution in [0.2, 0.25) is 0 Å². The number of ether oxygens (including phenoxy) is 1. The van der Waals surface area contributed by atoms with Crippen LogP contribution in [0.25, 0.3) is 0 Å². The number of rotatable bonds is 2. The molecular formula is C12H16Br2ClNO2. The van der Waals surface area contributed by atoms with Crippen molar-refractivity contribution in [2.45, 2.75) is 25.3 Å². The second-order valence-corrected chi connectivity index (χ2v) is 5.73. The van der Waals surface area contributed by atoms with E-state index in [0.717, 1.165) is 23.0 Å². The quantitative estimate of drug-likeness (QED) is 0.782. The average Bonchev–Trinajstić information content (AvgIpc) is 2.37. The Bertz CT molecular complexity index is 423. The Morgan fingerprint density at radius 3 is 2.61 bits per heavy atom. The van der Waals surface area contributed by atoms with Crippen LogP contribution in [0.3, 0.4) is 0 Å². The Hall–Kier alpha value is 0.0300. The van der Waals surface area contributed by atoms with Gasteiger partial charge < -0.3 is 15.2 Å². The highest BCUT2D eigenvalue weighted by Gasteiger charge is 2.22. The van der Waals surface area contributed by atoms with Gasteiger partial charge in [-0.05, 0) is 62.9 Å². The first-order valence-corrected chi connectivity index (χ1v) is 7.22. The predicted octanol–water partition coefficient (Wildman–Crippen LogP) is 4.16. The summed E-state index contributed by atoms with van der Waals surface area (Å²) in [7, 11) is 1.56. The Morgan fingerprint density at radius 1 is 1.33 bits per heavy atom. The van der Waals surface area contributed by atoms with Crippen LogP contribution in [0, 0.1) is 0 Å². The molecule has 0 unspecified atom stereocenters. The number of nitrogens with one attached hydrogen (secondary N) is 1. The van der Waals surface area contributed by atoms with Gasteiger partial charge in [-0.15, -0.1) is 12.4 Å². The van der Waals surface area contributed by atoms with Crippen molar-refractivity contribution in [3.63, 3.8) is 0 Å². The lowest BCUT2D eigenvalue weighted by atomic mass is 9.97. The van der Waals surface area contributed by atoms with E-state index in [-0.39, 0.29) is 18.2 Å². The highest BCUT2D eigenvalue weighted by atomic mass is 79.9. The van der Waals surface area contributed by atoms with Gasteiger partial charge in [0.05, 0.1) is 11.6 Å². The van der Waals surface area contributed by atoms with Crippen LogP contribution in [0.5, 0.6) is 11.5 Å². The topological polar surface area (TPSA) is 41.5 Å². The third kappa shape index (κ3) is 3.13.